The van der Waals surface area contributed by atoms with Crippen LogP contribution in [-0.2, 0) is 18.0 Å². The second kappa shape index (κ2) is 12.8. The van der Waals surface area contributed by atoms with Gasteiger partial charge in [-0.3, -0.25) is 4.79 Å². The molecule has 38 heavy (non-hydrogen) atoms. The Hall–Kier alpha value is -4.24. The Morgan fingerprint density at radius 3 is 2.24 bits per heavy atom. The van der Waals surface area contributed by atoms with Gasteiger partial charge in [0, 0.05) is 21.3 Å². The number of nitrogens with one attached hydrogen (secondary N) is 1. The van der Waals surface area contributed by atoms with Gasteiger partial charge in [-0.05, 0) is 72.7 Å². The summed E-state index contributed by atoms with van der Waals surface area (Å²) in [6.07, 6.45) is 1.53. The number of amides is 1. The number of halogens is 2. The molecule has 0 saturated carbocycles. The first-order valence-corrected chi connectivity index (χ1v) is 12.5. The summed E-state index contributed by atoms with van der Waals surface area (Å²) < 4.78 is 11.6. The molecule has 7 heteroatoms. The Morgan fingerprint density at radius 2 is 1.58 bits per heavy atom. The standard InChI is InChI=1S/C31H24Cl2N2O3/c1-21-3-2-4-23(15-21)19-37-28-11-5-22(6-12-28)16-25(18-34)31(36)35-27-9-13-29(14-10-27)38-20-24-7-8-26(32)17-30(24)33/h2-17H,19-20H2,1H3,(H,35,36)/b25-16+. The lowest BCUT2D eigenvalue weighted by atomic mass is 10.1. The highest BCUT2D eigenvalue weighted by Crippen LogP contribution is 2.24. The average Bonchev–Trinajstić information content (AvgIpc) is 2.91. The number of hydrogen-bond acceptors (Lipinski definition) is 4. The van der Waals surface area contributed by atoms with E-state index in [0.29, 0.717) is 39.4 Å². The smallest absolute Gasteiger partial charge is 0.266 e. The van der Waals surface area contributed by atoms with Crippen LogP contribution >= 0.6 is 23.2 Å². The van der Waals surface area contributed by atoms with E-state index in [9.17, 15) is 10.1 Å². The van der Waals surface area contributed by atoms with Gasteiger partial charge in [0.15, 0.2) is 0 Å². The second-order valence-electron chi connectivity index (χ2n) is 8.52. The van der Waals surface area contributed by atoms with Gasteiger partial charge in [-0.25, -0.2) is 0 Å². The minimum absolute atomic E-state index is 0.0175. The predicted octanol–water partition coefficient (Wildman–Crippen LogP) is 8.01. The van der Waals surface area contributed by atoms with E-state index in [-0.39, 0.29) is 12.2 Å². The van der Waals surface area contributed by atoms with Crippen molar-refractivity contribution in [2.75, 3.05) is 5.32 Å². The number of carbonyl (C=O) groups is 1. The molecule has 0 aliphatic carbocycles. The molecule has 4 aromatic rings. The van der Waals surface area contributed by atoms with E-state index in [4.69, 9.17) is 32.7 Å². The Balaban J connectivity index is 1.32. The number of rotatable bonds is 9. The molecule has 0 unspecified atom stereocenters. The zero-order valence-electron chi connectivity index (χ0n) is 20.6. The lowest BCUT2D eigenvalue weighted by Crippen LogP contribution is -2.13. The van der Waals surface area contributed by atoms with E-state index < -0.39 is 5.91 Å². The van der Waals surface area contributed by atoms with Crippen molar-refractivity contribution in [3.63, 3.8) is 0 Å². The van der Waals surface area contributed by atoms with E-state index in [0.717, 1.165) is 11.1 Å². The predicted molar refractivity (Wildman–Crippen MR) is 151 cm³/mol. The second-order valence-corrected chi connectivity index (χ2v) is 9.36. The van der Waals surface area contributed by atoms with Gasteiger partial charge in [0.1, 0.15) is 36.4 Å². The van der Waals surface area contributed by atoms with E-state index in [2.05, 4.69) is 11.4 Å². The lowest BCUT2D eigenvalue weighted by molar-refractivity contribution is -0.112. The molecular weight excluding hydrogens is 519 g/mol. The fourth-order valence-corrected chi connectivity index (χ4v) is 4.04. The normalized spacial score (nSPS) is 10.9. The van der Waals surface area contributed by atoms with Gasteiger partial charge in [-0.2, -0.15) is 5.26 Å². The van der Waals surface area contributed by atoms with E-state index >= 15 is 0 Å². The Labute approximate surface area is 231 Å². The molecule has 5 nitrogen and oxygen atoms in total. The van der Waals surface area contributed by atoms with Crippen molar-refractivity contribution in [3.05, 3.63) is 129 Å². The fraction of sp³-hybridized carbons (Fsp3) is 0.0968. The first kappa shape index (κ1) is 26.8. The number of nitriles is 1. The third kappa shape index (κ3) is 7.63. The molecule has 0 radical (unpaired) electrons. The molecule has 0 atom stereocenters. The van der Waals surface area contributed by atoms with Crippen LogP contribution in [0.4, 0.5) is 5.69 Å². The summed E-state index contributed by atoms with van der Waals surface area (Å²) in [6.45, 7) is 2.78. The van der Waals surface area contributed by atoms with Crippen LogP contribution in [0.25, 0.3) is 6.08 Å². The molecule has 0 aliphatic heterocycles. The van der Waals surface area contributed by atoms with Crippen molar-refractivity contribution in [3.8, 4) is 17.6 Å². The Morgan fingerprint density at radius 1 is 0.895 bits per heavy atom. The van der Waals surface area contributed by atoms with Gasteiger partial charge in [0.2, 0.25) is 0 Å². The van der Waals surface area contributed by atoms with E-state index in [1.54, 1.807) is 54.6 Å². The summed E-state index contributed by atoms with van der Waals surface area (Å²) in [5, 5.41) is 13.4. The van der Waals surface area contributed by atoms with Gasteiger partial charge in [-0.15, -0.1) is 0 Å². The zero-order chi connectivity index (χ0) is 26.9. The topological polar surface area (TPSA) is 71.3 Å². The molecule has 190 valence electrons. The van der Waals surface area contributed by atoms with Crippen molar-refractivity contribution in [2.45, 2.75) is 20.1 Å². The summed E-state index contributed by atoms with van der Waals surface area (Å²) in [6, 6.07) is 29.4. The number of hydrogen-bond donors (Lipinski definition) is 1. The third-order valence-electron chi connectivity index (χ3n) is 5.57. The molecule has 0 saturated heterocycles. The van der Waals surface area contributed by atoms with Crippen LogP contribution in [0.3, 0.4) is 0 Å². The van der Waals surface area contributed by atoms with Gasteiger partial charge < -0.3 is 14.8 Å². The molecule has 1 amide bonds. The molecule has 1 N–H and O–H groups in total. The molecule has 0 bridgehead atoms. The molecular formula is C31H24Cl2N2O3. The minimum Gasteiger partial charge on any atom is -0.489 e. The van der Waals surface area contributed by atoms with Crippen LogP contribution in [0.1, 0.15) is 22.3 Å². The largest absolute Gasteiger partial charge is 0.489 e. The zero-order valence-corrected chi connectivity index (χ0v) is 22.1. The lowest BCUT2D eigenvalue weighted by Gasteiger charge is -2.10. The summed E-state index contributed by atoms with van der Waals surface area (Å²) in [7, 11) is 0. The van der Waals surface area contributed by atoms with E-state index in [1.807, 2.05) is 43.3 Å². The number of aryl methyl sites for hydroxylation is 1. The monoisotopic (exact) mass is 542 g/mol. The molecule has 0 aliphatic rings. The number of anilines is 1. The summed E-state index contributed by atoms with van der Waals surface area (Å²) in [5.41, 5.74) is 4.30. The molecule has 0 heterocycles. The van der Waals surface area contributed by atoms with Gasteiger partial charge in [0.05, 0.1) is 0 Å². The van der Waals surface area contributed by atoms with Crippen molar-refractivity contribution in [1.29, 1.82) is 5.26 Å². The summed E-state index contributed by atoms with van der Waals surface area (Å²) >= 11 is 12.1. The third-order valence-corrected chi connectivity index (χ3v) is 6.15. The number of ether oxygens (including phenoxy) is 2. The SMILES string of the molecule is Cc1cccc(COc2ccc(/C=C(\C#N)C(=O)Nc3ccc(OCc4ccc(Cl)cc4Cl)cc3)cc2)c1. The van der Waals surface area contributed by atoms with Crippen molar-refractivity contribution < 1.29 is 14.3 Å². The van der Waals surface area contributed by atoms with Crippen LogP contribution in [0, 0.1) is 18.3 Å². The maximum atomic E-state index is 12.7. The quantitative estimate of drug-likeness (QED) is 0.172. The molecule has 4 rings (SSSR count). The molecule has 0 aromatic heterocycles. The van der Waals surface area contributed by atoms with Gasteiger partial charge in [-0.1, -0.05) is 71.2 Å². The molecule has 4 aromatic carbocycles. The van der Waals surface area contributed by atoms with Gasteiger partial charge >= 0.3 is 0 Å². The van der Waals surface area contributed by atoms with Crippen molar-refractivity contribution >= 4 is 40.9 Å². The van der Waals surface area contributed by atoms with Crippen molar-refractivity contribution in [2.24, 2.45) is 0 Å². The van der Waals surface area contributed by atoms with Crippen LogP contribution in [-0.4, -0.2) is 5.91 Å². The fourth-order valence-electron chi connectivity index (χ4n) is 3.58. The first-order valence-electron chi connectivity index (χ1n) is 11.8. The summed E-state index contributed by atoms with van der Waals surface area (Å²) in [4.78, 5) is 12.7. The highest BCUT2D eigenvalue weighted by Gasteiger charge is 2.10. The molecule has 0 spiro atoms. The summed E-state index contributed by atoms with van der Waals surface area (Å²) in [5.74, 6) is 0.802. The van der Waals surface area contributed by atoms with Crippen LogP contribution < -0.4 is 14.8 Å². The average molecular weight is 543 g/mol. The van der Waals surface area contributed by atoms with Crippen LogP contribution in [0.5, 0.6) is 11.5 Å². The highest BCUT2D eigenvalue weighted by atomic mass is 35.5. The van der Waals surface area contributed by atoms with Crippen molar-refractivity contribution in [1.82, 2.24) is 0 Å². The first-order chi connectivity index (χ1) is 18.4. The maximum Gasteiger partial charge on any atom is 0.266 e. The minimum atomic E-state index is -0.506. The Bertz CT molecular complexity index is 1490. The van der Waals surface area contributed by atoms with Gasteiger partial charge in [0.25, 0.3) is 5.91 Å². The Kier molecular flexibility index (Phi) is 9.05. The number of benzene rings is 4. The number of nitrogens with zero attached hydrogens (tertiary/aromatic N) is 1. The maximum absolute atomic E-state index is 12.7. The highest BCUT2D eigenvalue weighted by molar-refractivity contribution is 6.35. The molecule has 0 fully saturated rings. The van der Waals surface area contributed by atoms with Crippen LogP contribution in [0.2, 0.25) is 10.0 Å². The van der Waals surface area contributed by atoms with E-state index in [1.165, 1.54) is 11.6 Å². The number of carbonyl (C=O) groups excluding carboxylic acids is 1. The van der Waals surface area contributed by atoms with Crippen LogP contribution in [0.15, 0.2) is 96.6 Å².